The van der Waals surface area contributed by atoms with E-state index < -0.39 is 15.9 Å². The summed E-state index contributed by atoms with van der Waals surface area (Å²) in [5.74, 6) is -0.834. The molecule has 2 rings (SSSR count). The number of hydrogen-bond donors (Lipinski definition) is 0. The topological polar surface area (TPSA) is 76.4 Å². The number of halogens is 1. The Morgan fingerprint density at radius 1 is 1.14 bits per heavy atom. The number of hydrogen-bond acceptors (Lipinski definition) is 5. The summed E-state index contributed by atoms with van der Waals surface area (Å²) in [6.07, 6.45) is 0. The van der Waals surface area contributed by atoms with Crippen molar-refractivity contribution in [3.63, 3.8) is 0 Å². The SMILES string of the molecule is COc1ccc(S(=O)(=O)Oc2ccc(C#N)cc2)cc1F. The van der Waals surface area contributed by atoms with E-state index in [4.69, 9.17) is 14.2 Å². The van der Waals surface area contributed by atoms with Gasteiger partial charge in [0.1, 0.15) is 10.6 Å². The highest BCUT2D eigenvalue weighted by Gasteiger charge is 2.19. The van der Waals surface area contributed by atoms with Crippen molar-refractivity contribution >= 4 is 10.1 Å². The van der Waals surface area contributed by atoms with Crippen LogP contribution >= 0.6 is 0 Å². The third-order valence-electron chi connectivity index (χ3n) is 2.60. The van der Waals surface area contributed by atoms with Crippen molar-refractivity contribution in [3.8, 4) is 17.6 Å². The minimum absolute atomic E-state index is 0.0326. The van der Waals surface area contributed by atoms with Crippen LogP contribution in [0.4, 0.5) is 4.39 Å². The van der Waals surface area contributed by atoms with E-state index in [1.807, 2.05) is 6.07 Å². The van der Waals surface area contributed by atoms with Gasteiger partial charge in [-0.05, 0) is 42.5 Å². The zero-order valence-electron chi connectivity index (χ0n) is 10.9. The zero-order valence-corrected chi connectivity index (χ0v) is 11.7. The second kappa shape index (κ2) is 5.81. The molecule has 7 heteroatoms. The normalized spacial score (nSPS) is 10.7. The summed E-state index contributed by atoms with van der Waals surface area (Å²) >= 11 is 0. The number of nitriles is 1. The third-order valence-corrected chi connectivity index (χ3v) is 3.84. The molecule has 0 radical (unpaired) electrons. The van der Waals surface area contributed by atoms with Gasteiger partial charge in [-0.15, -0.1) is 0 Å². The summed E-state index contributed by atoms with van der Waals surface area (Å²) in [5.41, 5.74) is 0.371. The highest BCUT2D eigenvalue weighted by atomic mass is 32.2. The van der Waals surface area contributed by atoms with Crippen LogP contribution in [0.3, 0.4) is 0 Å². The first kappa shape index (κ1) is 14.8. The van der Waals surface area contributed by atoms with Crippen LogP contribution in [-0.2, 0) is 10.1 Å². The molecule has 0 aliphatic carbocycles. The lowest BCUT2D eigenvalue weighted by Crippen LogP contribution is -2.10. The van der Waals surface area contributed by atoms with Gasteiger partial charge in [-0.25, -0.2) is 4.39 Å². The third kappa shape index (κ3) is 3.30. The Balaban J connectivity index is 2.29. The van der Waals surface area contributed by atoms with Crippen LogP contribution in [0.2, 0.25) is 0 Å². The number of ether oxygens (including phenoxy) is 1. The van der Waals surface area contributed by atoms with Crippen molar-refractivity contribution < 1.29 is 21.7 Å². The first-order valence-electron chi connectivity index (χ1n) is 5.74. The Hall–Kier alpha value is -2.59. The van der Waals surface area contributed by atoms with Gasteiger partial charge in [0.05, 0.1) is 18.7 Å². The van der Waals surface area contributed by atoms with Gasteiger partial charge in [0.25, 0.3) is 0 Å². The quantitative estimate of drug-likeness (QED) is 0.811. The molecule has 21 heavy (non-hydrogen) atoms. The number of rotatable bonds is 4. The molecule has 0 heterocycles. The summed E-state index contributed by atoms with van der Waals surface area (Å²) in [7, 11) is -2.88. The fourth-order valence-corrected chi connectivity index (χ4v) is 2.51. The Morgan fingerprint density at radius 2 is 1.81 bits per heavy atom. The molecule has 0 saturated carbocycles. The standard InChI is InChI=1S/C14H10FNO4S/c1-19-14-7-6-12(8-13(14)15)21(17,18)20-11-4-2-10(9-16)3-5-11/h2-8H,1H3. The van der Waals surface area contributed by atoms with Gasteiger partial charge in [0, 0.05) is 0 Å². The van der Waals surface area contributed by atoms with Gasteiger partial charge in [0.2, 0.25) is 0 Å². The lowest BCUT2D eigenvalue weighted by Gasteiger charge is -2.08. The lowest BCUT2D eigenvalue weighted by atomic mass is 10.2. The number of benzene rings is 2. The second-order valence-corrected chi connectivity index (χ2v) is 5.52. The molecule has 0 saturated heterocycles. The first-order chi connectivity index (χ1) is 9.96. The van der Waals surface area contributed by atoms with Crippen molar-refractivity contribution in [2.75, 3.05) is 7.11 Å². The van der Waals surface area contributed by atoms with E-state index in [1.54, 1.807) is 0 Å². The molecule has 0 N–H and O–H groups in total. The average Bonchev–Trinajstić information content (AvgIpc) is 2.47. The first-order valence-corrected chi connectivity index (χ1v) is 7.15. The second-order valence-electron chi connectivity index (χ2n) is 3.97. The molecular weight excluding hydrogens is 297 g/mol. The van der Waals surface area contributed by atoms with E-state index in [1.165, 1.54) is 43.5 Å². The molecule has 0 aliphatic rings. The van der Waals surface area contributed by atoms with Crippen LogP contribution in [0, 0.1) is 17.1 Å². The number of nitrogens with zero attached hydrogens (tertiary/aromatic N) is 1. The van der Waals surface area contributed by atoms with Crippen LogP contribution in [0.5, 0.6) is 11.5 Å². The van der Waals surface area contributed by atoms with E-state index in [2.05, 4.69) is 0 Å². The van der Waals surface area contributed by atoms with Gasteiger partial charge in [-0.2, -0.15) is 13.7 Å². The highest BCUT2D eigenvalue weighted by Crippen LogP contribution is 2.23. The minimum atomic E-state index is -4.16. The van der Waals surface area contributed by atoms with E-state index in [0.29, 0.717) is 5.56 Å². The Kier molecular flexibility index (Phi) is 4.10. The average molecular weight is 307 g/mol. The zero-order chi connectivity index (χ0) is 15.5. The van der Waals surface area contributed by atoms with Gasteiger partial charge in [-0.1, -0.05) is 0 Å². The van der Waals surface area contributed by atoms with E-state index >= 15 is 0 Å². The van der Waals surface area contributed by atoms with Crippen LogP contribution < -0.4 is 8.92 Å². The van der Waals surface area contributed by atoms with Crippen molar-refractivity contribution in [1.82, 2.24) is 0 Å². The van der Waals surface area contributed by atoms with Crippen LogP contribution in [0.1, 0.15) is 5.56 Å². The maximum Gasteiger partial charge on any atom is 0.339 e. The summed E-state index contributed by atoms with van der Waals surface area (Å²) in [6.45, 7) is 0. The molecule has 0 bridgehead atoms. The molecule has 0 aliphatic heterocycles. The van der Waals surface area contributed by atoms with Crippen LogP contribution in [-0.4, -0.2) is 15.5 Å². The van der Waals surface area contributed by atoms with E-state index in [0.717, 1.165) is 6.07 Å². The molecule has 0 unspecified atom stereocenters. The van der Waals surface area contributed by atoms with Crippen molar-refractivity contribution in [2.45, 2.75) is 4.90 Å². The predicted octanol–water partition coefficient (Wildman–Crippen LogP) is 2.47. The fourth-order valence-electron chi connectivity index (χ4n) is 1.56. The molecule has 108 valence electrons. The van der Waals surface area contributed by atoms with Crippen LogP contribution in [0.25, 0.3) is 0 Å². The van der Waals surface area contributed by atoms with Gasteiger partial charge in [0.15, 0.2) is 11.6 Å². The fraction of sp³-hybridized carbons (Fsp3) is 0.0714. The molecule has 2 aromatic rings. The molecule has 2 aromatic carbocycles. The monoisotopic (exact) mass is 307 g/mol. The number of methoxy groups -OCH3 is 1. The molecule has 0 atom stereocenters. The summed E-state index contributed by atoms with van der Waals surface area (Å²) in [6, 6.07) is 10.6. The smallest absolute Gasteiger partial charge is 0.339 e. The van der Waals surface area contributed by atoms with Gasteiger partial charge >= 0.3 is 10.1 Å². The van der Waals surface area contributed by atoms with Crippen LogP contribution in [0.15, 0.2) is 47.4 Å². The molecule has 5 nitrogen and oxygen atoms in total. The van der Waals surface area contributed by atoms with Gasteiger partial charge < -0.3 is 8.92 Å². The van der Waals surface area contributed by atoms with Crippen molar-refractivity contribution in [3.05, 3.63) is 53.8 Å². The maximum atomic E-state index is 13.5. The minimum Gasteiger partial charge on any atom is -0.494 e. The van der Waals surface area contributed by atoms with Crippen molar-refractivity contribution in [1.29, 1.82) is 5.26 Å². The summed E-state index contributed by atoms with van der Waals surface area (Å²) in [4.78, 5) is -0.329. The molecule has 0 amide bonds. The molecule has 0 fully saturated rings. The highest BCUT2D eigenvalue weighted by molar-refractivity contribution is 7.87. The maximum absolute atomic E-state index is 13.5. The Bertz CT molecular complexity index is 795. The molecule has 0 aromatic heterocycles. The Labute approximate surface area is 121 Å². The predicted molar refractivity (Wildman–Crippen MR) is 71.9 cm³/mol. The Morgan fingerprint density at radius 3 is 2.33 bits per heavy atom. The van der Waals surface area contributed by atoms with E-state index in [9.17, 15) is 12.8 Å². The summed E-state index contributed by atoms with van der Waals surface area (Å²) < 4.78 is 47.2. The molecular formula is C14H10FNO4S. The van der Waals surface area contributed by atoms with E-state index in [-0.39, 0.29) is 16.4 Å². The van der Waals surface area contributed by atoms with Crippen molar-refractivity contribution in [2.24, 2.45) is 0 Å². The lowest BCUT2D eigenvalue weighted by molar-refractivity contribution is 0.385. The van der Waals surface area contributed by atoms with Gasteiger partial charge in [-0.3, -0.25) is 0 Å². The summed E-state index contributed by atoms with van der Waals surface area (Å²) in [5, 5.41) is 8.66. The molecule has 0 spiro atoms. The largest absolute Gasteiger partial charge is 0.494 e.